The van der Waals surface area contributed by atoms with Crippen LogP contribution in [0, 0.1) is 0 Å². The van der Waals surface area contributed by atoms with Crippen LogP contribution in [0.15, 0.2) is 17.2 Å². The van der Waals surface area contributed by atoms with E-state index in [0.717, 1.165) is 11.9 Å². The smallest absolute Gasteiger partial charge is 0.217 e. The normalized spacial score (nSPS) is 11.6. The molecular formula is C9H14N2O3S. The molecule has 15 heavy (non-hydrogen) atoms. The van der Waals surface area contributed by atoms with E-state index < -0.39 is 15.7 Å². The second kappa shape index (κ2) is 4.06. The first-order valence-electron chi connectivity index (χ1n) is 4.44. The lowest BCUT2D eigenvalue weighted by Crippen LogP contribution is -2.12. The molecule has 0 atom stereocenters. The molecule has 2 N–H and O–H groups in total. The van der Waals surface area contributed by atoms with Gasteiger partial charge in [0.05, 0.1) is 4.90 Å². The number of hydrogen-bond acceptors (Lipinski definition) is 3. The van der Waals surface area contributed by atoms with E-state index in [1.165, 1.54) is 6.20 Å². The van der Waals surface area contributed by atoms with Gasteiger partial charge in [-0.25, -0.2) is 8.42 Å². The Bertz CT molecular complexity index is 474. The number of aryl methyl sites for hydroxylation is 2. The van der Waals surface area contributed by atoms with E-state index in [0.29, 0.717) is 6.42 Å². The van der Waals surface area contributed by atoms with Crippen molar-refractivity contribution in [1.82, 2.24) is 4.57 Å². The first-order chi connectivity index (χ1) is 6.80. The molecule has 1 aromatic rings. The van der Waals surface area contributed by atoms with Crippen LogP contribution >= 0.6 is 0 Å². The molecule has 0 bridgehead atoms. The van der Waals surface area contributed by atoms with Crippen LogP contribution in [0.5, 0.6) is 0 Å². The number of rotatable bonds is 4. The number of amides is 1. The Balaban J connectivity index is 2.92. The highest BCUT2D eigenvalue weighted by Gasteiger charge is 2.12. The quantitative estimate of drug-likeness (QED) is 0.780. The highest BCUT2D eigenvalue weighted by Crippen LogP contribution is 2.14. The fraction of sp³-hybridized carbons (Fsp3) is 0.444. The molecule has 1 amide bonds. The Morgan fingerprint density at radius 3 is 2.53 bits per heavy atom. The van der Waals surface area contributed by atoms with Gasteiger partial charge in [0.15, 0.2) is 9.84 Å². The second-order valence-electron chi connectivity index (χ2n) is 3.52. The van der Waals surface area contributed by atoms with Gasteiger partial charge < -0.3 is 10.3 Å². The summed E-state index contributed by atoms with van der Waals surface area (Å²) in [6, 6.07) is 1.57. The molecule has 0 saturated carbocycles. The summed E-state index contributed by atoms with van der Waals surface area (Å²) in [6.07, 6.45) is 3.37. The van der Waals surface area contributed by atoms with E-state index in [4.69, 9.17) is 5.73 Å². The van der Waals surface area contributed by atoms with Crippen molar-refractivity contribution in [2.45, 2.75) is 17.7 Å². The lowest BCUT2D eigenvalue weighted by molar-refractivity contribution is -0.118. The Hall–Kier alpha value is -1.30. The van der Waals surface area contributed by atoms with Crippen LogP contribution in [-0.4, -0.2) is 25.1 Å². The van der Waals surface area contributed by atoms with Crippen LogP contribution in [0.25, 0.3) is 0 Å². The molecule has 1 rings (SSSR count). The van der Waals surface area contributed by atoms with Gasteiger partial charge in [-0.1, -0.05) is 0 Å². The number of aromatic nitrogens is 1. The molecule has 1 aromatic heterocycles. The molecule has 6 heteroatoms. The lowest BCUT2D eigenvalue weighted by atomic mass is 10.2. The van der Waals surface area contributed by atoms with Gasteiger partial charge in [-0.05, 0) is 12.5 Å². The first kappa shape index (κ1) is 11.8. The molecule has 0 aliphatic carbocycles. The lowest BCUT2D eigenvalue weighted by Gasteiger charge is -1.99. The van der Waals surface area contributed by atoms with E-state index >= 15 is 0 Å². The SMILES string of the molecule is Cn1cc(S(C)(=O)=O)cc1CCC(N)=O. The molecule has 0 aliphatic rings. The molecule has 1 heterocycles. The highest BCUT2D eigenvalue weighted by atomic mass is 32.2. The zero-order valence-electron chi connectivity index (χ0n) is 8.73. The number of carbonyl (C=O) groups excluding carboxylic acids is 1. The maximum absolute atomic E-state index is 11.2. The van der Waals surface area contributed by atoms with Gasteiger partial charge in [-0.3, -0.25) is 4.79 Å². The summed E-state index contributed by atoms with van der Waals surface area (Å²) in [7, 11) is -1.44. The van der Waals surface area contributed by atoms with Crippen molar-refractivity contribution in [3.8, 4) is 0 Å². The minimum atomic E-state index is -3.18. The Morgan fingerprint density at radius 2 is 2.13 bits per heavy atom. The van der Waals surface area contributed by atoms with Crippen molar-refractivity contribution in [2.75, 3.05) is 6.26 Å². The molecule has 5 nitrogen and oxygen atoms in total. The summed E-state index contributed by atoms with van der Waals surface area (Å²) in [5.74, 6) is -0.392. The van der Waals surface area contributed by atoms with Gasteiger partial charge in [0.1, 0.15) is 0 Å². The van der Waals surface area contributed by atoms with Crippen LogP contribution in [0.4, 0.5) is 0 Å². The molecule has 0 aliphatic heterocycles. The molecule has 0 fully saturated rings. The van der Waals surface area contributed by atoms with E-state index in [-0.39, 0.29) is 11.3 Å². The number of nitrogens with zero attached hydrogens (tertiary/aromatic N) is 1. The van der Waals surface area contributed by atoms with Crippen molar-refractivity contribution < 1.29 is 13.2 Å². The zero-order chi connectivity index (χ0) is 11.6. The fourth-order valence-electron chi connectivity index (χ4n) is 1.28. The second-order valence-corrected chi connectivity index (χ2v) is 5.53. The van der Waals surface area contributed by atoms with Crippen LogP contribution in [0.2, 0.25) is 0 Å². The van der Waals surface area contributed by atoms with Crippen LogP contribution in [0.1, 0.15) is 12.1 Å². The Morgan fingerprint density at radius 1 is 1.53 bits per heavy atom. The van der Waals surface area contributed by atoms with E-state index in [2.05, 4.69) is 0 Å². The van der Waals surface area contributed by atoms with Crippen molar-refractivity contribution in [1.29, 1.82) is 0 Å². The molecule has 0 radical (unpaired) electrons. The Kier molecular flexibility index (Phi) is 3.18. The van der Waals surface area contributed by atoms with E-state index in [9.17, 15) is 13.2 Å². The highest BCUT2D eigenvalue weighted by molar-refractivity contribution is 7.90. The van der Waals surface area contributed by atoms with Gasteiger partial charge in [-0.2, -0.15) is 0 Å². The zero-order valence-corrected chi connectivity index (χ0v) is 9.54. The summed E-state index contributed by atoms with van der Waals surface area (Å²) in [5.41, 5.74) is 5.80. The largest absolute Gasteiger partial charge is 0.370 e. The number of nitrogens with two attached hydrogens (primary N) is 1. The van der Waals surface area contributed by atoms with Gasteiger partial charge in [0.25, 0.3) is 0 Å². The number of primary amides is 1. The topological polar surface area (TPSA) is 82.2 Å². The fourth-order valence-corrected chi connectivity index (χ4v) is 1.98. The molecule has 84 valence electrons. The molecule has 0 spiro atoms. The van der Waals surface area contributed by atoms with E-state index in [1.54, 1.807) is 17.7 Å². The van der Waals surface area contributed by atoms with Crippen LogP contribution in [0.3, 0.4) is 0 Å². The predicted octanol–water partition coefficient (Wildman–Crippen LogP) is -0.154. The number of sulfone groups is 1. The third-order valence-corrected chi connectivity index (χ3v) is 3.22. The molecule has 0 unspecified atom stereocenters. The van der Waals surface area contributed by atoms with Crippen molar-refractivity contribution >= 4 is 15.7 Å². The third-order valence-electron chi connectivity index (χ3n) is 2.14. The maximum atomic E-state index is 11.2. The molecular weight excluding hydrogens is 216 g/mol. The van der Waals surface area contributed by atoms with Crippen molar-refractivity contribution in [3.63, 3.8) is 0 Å². The number of carbonyl (C=O) groups is 1. The van der Waals surface area contributed by atoms with Gasteiger partial charge in [0, 0.05) is 31.6 Å². The van der Waals surface area contributed by atoms with Gasteiger partial charge in [0.2, 0.25) is 5.91 Å². The minimum Gasteiger partial charge on any atom is -0.370 e. The van der Waals surface area contributed by atoms with E-state index in [1.807, 2.05) is 0 Å². The van der Waals surface area contributed by atoms with Crippen LogP contribution < -0.4 is 5.73 Å². The average molecular weight is 230 g/mol. The third kappa shape index (κ3) is 3.09. The standard InChI is InChI=1S/C9H14N2O3S/c1-11-6-8(15(2,13)14)5-7(11)3-4-9(10)12/h5-6H,3-4H2,1-2H3,(H2,10,12). The average Bonchev–Trinajstić information content (AvgIpc) is 2.42. The van der Waals surface area contributed by atoms with Crippen molar-refractivity contribution in [2.24, 2.45) is 12.8 Å². The molecule has 0 saturated heterocycles. The summed E-state index contributed by atoms with van der Waals surface area (Å²) in [5, 5.41) is 0. The van der Waals surface area contributed by atoms with Crippen molar-refractivity contribution in [3.05, 3.63) is 18.0 Å². The summed E-state index contributed by atoms with van der Waals surface area (Å²) in [4.78, 5) is 10.9. The van der Waals surface area contributed by atoms with Gasteiger partial charge in [-0.15, -0.1) is 0 Å². The summed E-state index contributed by atoms with van der Waals surface area (Å²) < 4.78 is 24.2. The minimum absolute atomic E-state index is 0.223. The van der Waals surface area contributed by atoms with Crippen LogP contribution in [-0.2, 0) is 28.1 Å². The summed E-state index contributed by atoms with van der Waals surface area (Å²) >= 11 is 0. The first-order valence-corrected chi connectivity index (χ1v) is 6.33. The van der Waals surface area contributed by atoms with Gasteiger partial charge >= 0.3 is 0 Å². The summed E-state index contributed by atoms with van der Waals surface area (Å²) in [6.45, 7) is 0. The molecule has 0 aromatic carbocycles. The predicted molar refractivity (Wildman–Crippen MR) is 56.0 cm³/mol. The maximum Gasteiger partial charge on any atom is 0.217 e. The number of hydrogen-bond donors (Lipinski definition) is 1. The monoisotopic (exact) mass is 230 g/mol. The Labute approximate surface area is 88.8 Å².